The van der Waals surface area contributed by atoms with Crippen LogP contribution in [0.1, 0.15) is 58.3 Å². The lowest BCUT2D eigenvalue weighted by Gasteiger charge is -2.39. The van der Waals surface area contributed by atoms with E-state index in [1.54, 1.807) is 0 Å². The second-order valence-corrected chi connectivity index (χ2v) is 6.40. The molecule has 0 radical (unpaired) electrons. The summed E-state index contributed by atoms with van der Waals surface area (Å²) in [5.74, 6) is 2.64. The average Bonchev–Trinajstić information content (AvgIpc) is 2.82. The van der Waals surface area contributed by atoms with Crippen molar-refractivity contribution in [3.63, 3.8) is 0 Å². The van der Waals surface area contributed by atoms with E-state index in [9.17, 15) is 0 Å². The van der Waals surface area contributed by atoms with Gasteiger partial charge in [-0.15, -0.1) is 11.6 Å². The van der Waals surface area contributed by atoms with Gasteiger partial charge in [0.1, 0.15) is 0 Å². The van der Waals surface area contributed by atoms with Gasteiger partial charge in [-0.25, -0.2) is 0 Å². The molecule has 94 valence electrons. The maximum atomic E-state index is 6.21. The zero-order valence-electron chi connectivity index (χ0n) is 10.6. The van der Waals surface area contributed by atoms with Crippen LogP contribution in [0.4, 0.5) is 0 Å². The Morgan fingerprint density at radius 1 is 1.12 bits per heavy atom. The fraction of sp³-hybridized carbons (Fsp3) is 1.00. The number of halogens is 1. The van der Waals surface area contributed by atoms with E-state index in [0.717, 1.165) is 17.7 Å². The lowest BCUT2D eigenvalue weighted by atomic mass is 9.78. The van der Waals surface area contributed by atoms with E-state index < -0.39 is 0 Å². The number of rotatable bonds is 4. The van der Waals surface area contributed by atoms with E-state index >= 15 is 0 Å². The maximum Gasteiger partial charge on any atom is 0.0406 e. The van der Waals surface area contributed by atoms with E-state index in [2.05, 4.69) is 12.2 Å². The average molecular weight is 244 g/mol. The van der Waals surface area contributed by atoms with Crippen molar-refractivity contribution in [1.82, 2.24) is 5.32 Å². The van der Waals surface area contributed by atoms with Crippen LogP contribution in [-0.4, -0.2) is 18.0 Å². The lowest BCUT2D eigenvalue weighted by molar-refractivity contribution is 0.208. The van der Waals surface area contributed by atoms with Gasteiger partial charge < -0.3 is 5.32 Å². The third-order valence-electron chi connectivity index (χ3n) is 4.73. The van der Waals surface area contributed by atoms with Crippen molar-refractivity contribution in [2.24, 2.45) is 11.8 Å². The Balaban J connectivity index is 1.79. The summed E-state index contributed by atoms with van der Waals surface area (Å²) in [6.07, 6.45) is 11.0. The zero-order valence-corrected chi connectivity index (χ0v) is 11.4. The highest BCUT2D eigenvalue weighted by Crippen LogP contribution is 2.33. The normalized spacial score (nSPS) is 36.8. The van der Waals surface area contributed by atoms with Crippen LogP contribution < -0.4 is 5.32 Å². The van der Waals surface area contributed by atoms with E-state index in [1.807, 2.05) is 0 Å². The molecule has 2 aliphatic carbocycles. The first-order valence-electron chi connectivity index (χ1n) is 7.05. The minimum atomic E-state index is 0.274. The number of nitrogens with one attached hydrogen (secondary N) is 1. The molecule has 1 nitrogen and oxygen atoms in total. The van der Waals surface area contributed by atoms with Gasteiger partial charge in [-0.2, -0.15) is 0 Å². The molecule has 0 atom stereocenters. The van der Waals surface area contributed by atoms with Crippen LogP contribution in [0.15, 0.2) is 0 Å². The van der Waals surface area contributed by atoms with Crippen LogP contribution in [0.3, 0.4) is 0 Å². The molecule has 0 saturated heterocycles. The Morgan fingerprint density at radius 2 is 1.75 bits per heavy atom. The quantitative estimate of drug-likeness (QED) is 0.738. The molecule has 0 aromatic heterocycles. The Labute approximate surface area is 105 Å². The van der Waals surface area contributed by atoms with E-state index in [-0.39, 0.29) is 5.54 Å². The second kappa shape index (κ2) is 5.73. The summed E-state index contributed by atoms with van der Waals surface area (Å²) < 4.78 is 0. The third-order valence-corrected chi connectivity index (χ3v) is 5.24. The molecule has 0 amide bonds. The Hall–Kier alpha value is 0.250. The molecule has 2 rings (SSSR count). The molecular weight excluding hydrogens is 218 g/mol. The summed E-state index contributed by atoms with van der Waals surface area (Å²) in [7, 11) is 0. The highest BCUT2D eigenvalue weighted by atomic mass is 35.5. The molecule has 2 aliphatic rings. The van der Waals surface area contributed by atoms with Crippen LogP contribution in [0.5, 0.6) is 0 Å². The first-order chi connectivity index (χ1) is 7.74. The zero-order chi connectivity index (χ0) is 11.4. The van der Waals surface area contributed by atoms with E-state index in [0.29, 0.717) is 0 Å². The van der Waals surface area contributed by atoms with Crippen LogP contribution in [0.25, 0.3) is 0 Å². The summed E-state index contributed by atoms with van der Waals surface area (Å²) in [4.78, 5) is 0. The van der Waals surface area contributed by atoms with Gasteiger partial charge in [0.25, 0.3) is 0 Å². The summed E-state index contributed by atoms with van der Waals surface area (Å²) >= 11 is 6.21. The van der Waals surface area contributed by atoms with E-state index in [4.69, 9.17) is 11.6 Å². The molecule has 0 aliphatic heterocycles. The Kier molecular flexibility index (Phi) is 4.55. The summed E-state index contributed by atoms with van der Waals surface area (Å²) in [6, 6.07) is 0. The molecule has 0 heterocycles. The van der Waals surface area contributed by atoms with Crippen LogP contribution in [0.2, 0.25) is 0 Å². The first-order valence-corrected chi connectivity index (χ1v) is 7.58. The molecule has 16 heavy (non-hydrogen) atoms. The van der Waals surface area contributed by atoms with Gasteiger partial charge in [-0.1, -0.05) is 19.8 Å². The smallest absolute Gasteiger partial charge is 0.0406 e. The summed E-state index contributed by atoms with van der Waals surface area (Å²) in [5.41, 5.74) is 0.274. The van der Waals surface area contributed by atoms with Crippen LogP contribution >= 0.6 is 11.6 Å². The van der Waals surface area contributed by atoms with E-state index in [1.165, 1.54) is 57.9 Å². The topological polar surface area (TPSA) is 12.0 Å². The summed E-state index contributed by atoms with van der Waals surface area (Å²) in [5, 5.41) is 3.82. The first kappa shape index (κ1) is 12.7. The van der Waals surface area contributed by atoms with Crippen molar-refractivity contribution < 1.29 is 0 Å². The molecule has 2 fully saturated rings. The van der Waals surface area contributed by atoms with Gasteiger partial charge in [-0.05, 0) is 56.9 Å². The van der Waals surface area contributed by atoms with Gasteiger partial charge in [0.2, 0.25) is 0 Å². The molecule has 0 spiro atoms. The standard InChI is InChI=1S/C14H26ClN/c1-12-6-8-14(11-15,9-7-12)16-10-13-4-2-3-5-13/h12-13,16H,2-11H2,1H3. The maximum absolute atomic E-state index is 6.21. The van der Waals surface area contributed by atoms with Crippen molar-refractivity contribution in [2.45, 2.75) is 63.8 Å². The van der Waals surface area contributed by atoms with Gasteiger partial charge in [0.05, 0.1) is 0 Å². The largest absolute Gasteiger partial charge is 0.310 e. The van der Waals surface area contributed by atoms with Crippen molar-refractivity contribution in [2.75, 3.05) is 12.4 Å². The van der Waals surface area contributed by atoms with Crippen LogP contribution in [-0.2, 0) is 0 Å². The molecule has 2 heteroatoms. The molecule has 0 bridgehead atoms. The van der Waals surface area contributed by atoms with Gasteiger partial charge >= 0.3 is 0 Å². The van der Waals surface area contributed by atoms with Gasteiger partial charge in [0.15, 0.2) is 0 Å². The molecule has 0 aromatic carbocycles. The SMILES string of the molecule is CC1CCC(CCl)(NCC2CCCC2)CC1. The fourth-order valence-electron chi connectivity index (χ4n) is 3.25. The molecule has 0 aromatic rings. The Bertz CT molecular complexity index is 203. The second-order valence-electron chi connectivity index (χ2n) is 6.13. The number of alkyl halides is 1. The molecule has 0 unspecified atom stereocenters. The number of hydrogen-bond acceptors (Lipinski definition) is 1. The number of hydrogen-bond donors (Lipinski definition) is 1. The fourth-order valence-corrected chi connectivity index (χ4v) is 3.61. The minimum absolute atomic E-state index is 0.274. The molecule has 2 saturated carbocycles. The minimum Gasteiger partial charge on any atom is -0.310 e. The monoisotopic (exact) mass is 243 g/mol. The highest BCUT2D eigenvalue weighted by molar-refractivity contribution is 6.18. The van der Waals surface area contributed by atoms with Crippen molar-refractivity contribution in [3.05, 3.63) is 0 Å². The molecule has 1 N–H and O–H groups in total. The highest BCUT2D eigenvalue weighted by Gasteiger charge is 2.33. The van der Waals surface area contributed by atoms with Crippen LogP contribution in [0, 0.1) is 11.8 Å². The Morgan fingerprint density at radius 3 is 2.31 bits per heavy atom. The van der Waals surface area contributed by atoms with Gasteiger partial charge in [0, 0.05) is 11.4 Å². The predicted molar refractivity (Wildman–Crippen MR) is 71.0 cm³/mol. The van der Waals surface area contributed by atoms with Crippen molar-refractivity contribution in [3.8, 4) is 0 Å². The molecular formula is C14H26ClN. The third kappa shape index (κ3) is 3.13. The lowest BCUT2D eigenvalue weighted by Crippen LogP contribution is -2.50. The van der Waals surface area contributed by atoms with Crippen molar-refractivity contribution >= 4 is 11.6 Å². The van der Waals surface area contributed by atoms with Crippen molar-refractivity contribution in [1.29, 1.82) is 0 Å². The van der Waals surface area contributed by atoms with Gasteiger partial charge in [-0.3, -0.25) is 0 Å². The summed E-state index contributed by atoms with van der Waals surface area (Å²) in [6.45, 7) is 3.58. The predicted octanol–water partition coefficient (Wildman–Crippen LogP) is 3.95.